The molecule has 0 aliphatic carbocycles. The van der Waals surface area contributed by atoms with Gasteiger partial charge in [-0.15, -0.1) is 0 Å². The Morgan fingerprint density at radius 2 is 1.77 bits per heavy atom. The lowest BCUT2D eigenvalue weighted by molar-refractivity contribution is 0.0896. The van der Waals surface area contributed by atoms with E-state index in [4.69, 9.17) is 20.9 Å². The van der Waals surface area contributed by atoms with Gasteiger partial charge in [-0.05, 0) is 13.8 Å². The molecule has 78 valence electrons. The van der Waals surface area contributed by atoms with E-state index in [2.05, 4.69) is 6.58 Å². The van der Waals surface area contributed by atoms with Crippen molar-refractivity contribution in [2.45, 2.75) is 25.9 Å². The van der Waals surface area contributed by atoms with E-state index in [1.165, 1.54) is 0 Å². The third kappa shape index (κ3) is 9.33. The van der Waals surface area contributed by atoms with E-state index in [1.807, 2.05) is 13.8 Å². The molecule has 0 heterocycles. The highest BCUT2D eigenvalue weighted by molar-refractivity contribution is 4.82. The van der Waals surface area contributed by atoms with E-state index in [1.54, 1.807) is 0 Å². The van der Waals surface area contributed by atoms with Crippen LogP contribution in [-0.4, -0.2) is 31.9 Å². The molecule has 0 amide bonds. The van der Waals surface area contributed by atoms with Crippen LogP contribution < -0.4 is 11.5 Å². The quantitative estimate of drug-likeness (QED) is 0.561. The molecule has 4 nitrogen and oxygen atoms in total. The van der Waals surface area contributed by atoms with Crippen LogP contribution in [0.25, 0.3) is 0 Å². The average molecular weight is 188 g/mol. The molecule has 0 aliphatic heterocycles. The highest BCUT2D eigenvalue weighted by Crippen LogP contribution is 1.95. The maximum atomic E-state index is 5.49. The normalized spacial score (nSPS) is 15.1. The Labute approximate surface area is 79.9 Å². The molecule has 2 atom stereocenters. The van der Waals surface area contributed by atoms with E-state index >= 15 is 0 Å². The molecular formula is C9H20N2O2. The summed E-state index contributed by atoms with van der Waals surface area (Å²) < 4.78 is 10.4. The Bertz CT molecular complexity index is 147. The molecule has 0 rings (SSSR count). The lowest BCUT2D eigenvalue weighted by Gasteiger charge is -2.12. The van der Waals surface area contributed by atoms with Crippen LogP contribution in [0.5, 0.6) is 0 Å². The highest BCUT2D eigenvalue weighted by atomic mass is 16.5. The molecule has 0 saturated heterocycles. The van der Waals surface area contributed by atoms with E-state index in [-0.39, 0.29) is 12.1 Å². The highest BCUT2D eigenvalue weighted by Gasteiger charge is 1.99. The standard InChI is InChI=1S/C9H20N2O2/c1-7(10)4-12-6-9(3)13-5-8(2)11/h7-8H,3-6,10-11H2,1-2H3. The molecule has 2 unspecified atom stereocenters. The first-order valence-corrected chi connectivity index (χ1v) is 4.42. The monoisotopic (exact) mass is 188 g/mol. The molecule has 0 aliphatic rings. The molecule has 0 aromatic rings. The number of nitrogens with two attached hydrogens (primary N) is 2. The van der Waals surface area contributed by atoms with Crippen molar-refractivity contribution >= 4 is 0 Å². The Hall–Kier alpha value is -0.580. The SMILES string of the molecule is C=C(COCC(C)N)OCC(C)N. The summed E-state index contributed by atoms with van der Waals surface area (Å²) in [6.07, 6.45) is 0. The van der Waals surface area contributed by atoms with Gasteiger partial charge in [0.05, 0.1) is 6.61 Å². The largest absolute Gasteiger partial charge is 0.494 e. The zero-order valence-corrected chi connectivity index (χ0v) is 8.45. The van der Waals surface area contributed by atoms with Crippen LogP contribution in [0, 0.1) is 0 Å². The zero-order chi connectivity index (χ0) is 10.3. The number of hydrogen-bond acceptors (Lipinski definition) is 4. The van der Waals surface area contributed by atoms with Gasteiger partial charge >= 0.3 is 0 Å². The smallest absolute Gasteiger partial charge is 0.115 e. The average Bonchev–Trinajstić information content (AvgIpc) is 2.00. The van der Waals surface area contributed by atoms with Crippen LogP contribution in [0.4, 0.5) is 0 Å². The van der Waals surface area contributed by atoms with Crippen molar-refractivity contribution in [3.63, 3.8) is 0 Å². The maximum Gasteiger partial charge on any atom is 0.115 e. The second-order valence-electron chi connectivity index (χ2n) is 3.32. The van der Waals surface area contributed by atoms with Crippen molar-refractivity contribution in [2.24, 2.45) is 11.5 Å². The second kappa shape index (κ2) is 6.88. The van der Waals surface area contributed by atoms with Gasteiger partial charge in [-0.25, -0.2) is 0 Å². The first-order valence-electron chi connectivity index (χ1n) is 4.42. The fourth-order valence-corrected chi connectivity index (χ4v) is 0.650. The molecule has 0 spiro atoms. The Kier molecular flexibility index (Phi) is 6.58. The van der Waals surface area contributed by atoms with Crippen molar-refractivity contribution < 1.29 is 9.47 Å². The van der Waals surface area contributed by atoms with Gasteiger partial charge in [-0.3, -0.25) is 0 Å². The summed E-state index contributed by atoms with van der Waals surface area (Å²) >= 11 is 0. The van der Waals surface area contributed by atoms with Crippen LogP contribution >= 0.6 is 0 Å². The predicted molar refractivity (Wildman–Crippen MR) is 53.2 cm³/mol. The van der Waals surface area contributed by atoms with E-state index < -0.39 is 0 Å². The van der Waals surface area contributed by atoms with Crippen molar-refractivity contribution in [2.75, 3.05) is 19.8 Å². The number of hydrogen-bond donors (Lipinski definition) is 2. The van der Waals surface area contributed by atoms with Crippen molar-refractivity contribution in [1.82, 2.24) is 0 Å². The van der Waals surface area contributed by atoms with Crippen LogP contribution in [0.2, 0.25) is 0 Å². The summed E-state index contributed by atoms with van der Waals surface area (Å²) in [5, 5.41) is 0. The molecule has 0 radical (unpaired) electrons. The predicted octanol–water partition coefficient (Wildman–Crippen LogP) is 0.228. The first-order chi connectivity index (χ1) is 6.02. The summed E-state index contributed by atoms with van der Waals surface area (Å²) in [6.45, 7) is 8.80. The minimum absolute atomic E-state index is 0.0187. The summed E-state index contributed by atoms with van der Waals surface area (Å²) in [4.78, 5) is 0. The molecule has 0 saturated carbocycles. The minimum atomic E-state index is 0.0187. The Morgan fingerprint density at radius 3 is 2.23 bits per heavy atom. The molecule has 0 aromatic heterocycles. The summed E-state index contributed by atoms with van der Waals surface area (Å²) in [5.74, 6) is 0.595. The van der Waals surface area contributed by atoms with E-state index in [9.17, 15) is 0 Å². The lowest BCUT2D eigenvalue weighted by Crippen LogP contribution is -2.24. The Balaban J connectivity index is 3.30. The fourth-order valence-electron chi connectivity index (χ4n) is 0.650. The van der Waals surface area contributed by atoms with Crippen LogP contribution in [-0.2, 0) is 9.47 Å². The van der Waals surface area contributed by atoms with Crippen LogP contribution in [0.15, 0.2) is 12.3 Å². The topological polar surface area (TPSA) is 70.5 Å². The van der Waals surface area contributed by atoms with Crippen molar-refractivity contribution in [1.29, 1.82) is 0 Å². The van der Waals surface area contributed by atoms with Crippen molar-refractivity contribution in [3.05, 3.63) is 12.3 Å². The third-order valence-corrected chi connectivity index (χ3v) is 1.19. The lowest BCUT2D eigenvalue weighted by atomic mass is 10.4. The molecule has 0 bridgehead atoms. The molecule has 0 aromatic carbocycles. The van der Waals surface area contributed by atoms with Gasteiger partial charge in [-0.2, -0.15) is 0 Å². The molecule has 0 fully saturated rings. The van der Waals surface area contributed by atoms with Gasteiger partial charge in [0.15, 0.2) is 0 Å². The summed E-state index contributed by atoms with van der Waals surface area (Å²) in [7, 11) is 0. The minimum Gasteiger partial charge on any atom is -0.494 e. The van der Waals surface area contributed by atoms with Gasteiger partial charge in [0.2, 0.25) is 0 Å². The maximum absolute atomic E-state index is 5.49. The van der Waals surface area contributed by atoms with Gasteiger partial charge in [-0.1, -0.05) is 6.58 Å². The number of ether oxygens (including phenoxy) is 2. The van der Waals surface area contributed by atoms with Gasteiger partial charge in [0.1, 0.15) is 19.0 Å². The molecular weight excluding hydrogens is 168 g/mol. The van der Waals surface area contributed by atoms with Crippen molar-refractivity contribution in [3.8, 4) is 0 Å². The molecule has 13 heavy (non-hydrogen) atoms. The second-order valence-corrected chi connectivity index (χ2v) is 3.32. The summed E-state index contributed by atoms with van der Waals surface area (Å²) in [6, 6.07) is 0.0615. The third-order valence-electron chi connectivity index (χ3n) is 1.19. The number of rotatable bonds is 7. The van der Waals surface area contributed by atoms with E-state index in [0.717, 1.165) is 0 Å². The molecule has 4 heteroatoms. The molecule has 4 N–H and O–H groups in total. The van der Waals surface area contributed by atoms with Gasteiger partial charge in [0, 0.05) is 12.1 Å². The van der Waals surface area contributed by atoms with Crippen LogP contribution in [0.3, 0.4) is 0 Å². The first kappa shape index (κ1) is 12.4. The van der Waals surface area contributed by atoms with Gasteiger partial charge in [0.25, 0.3) is 0 Å². The van der Waals surface area contributed by atoms with Gasteiger partial charge < -0.3 is 20.9 Å². The van der Waals surface area contributed by atoms with Crippen LogP contribution in [0.1, 0.15) is 13.8 Å². The Morgan fingerprint density at radius 1 is 1.23 bits per heavy atom. The fraction of sp³-hybridized carbons (Fsp3) is 0.778. The zero-order valence-electron chi connectivity index (χ0n) is 8.45. The van der Waals surface area contributed by atoms with E-state index in [0.29, 0.717) is 25.6 Å². The summed E-state index contributed by atoms with van der Waals surface area (Å²) in [5.41, 5.74) is 11.0.